The molecule has 2 aromatic rings. The molecular weight excluding hydrogens is 355 g/mol. The van der Waals surface area contributed by atoms with E-state index in [1.54, 1.807) is 0 Å². The number of fused-ring (bicyclic) bond motifs is 1. The molecule has 1 aliphatic heterocycles. The number of aromatic nitrogens is 4. The van der Waals surface area contributed by atoms with Gasteiger partial charge in [0.15, 0.2) is 23.3 Å². The van der Waals surface area contributed by atoms with Crippen LogP contribution >= 0.6 is 7.75 Å². The Bertz CT molecular complexity index is 892. The fourth-order valence-electron chi connectivity index (χ4n) is 2.56. The number of nitrogens with zero attached hydrogens (tertiary/aromatic N) is 4. The standard InChI is InChI=1S/C12H15N6O6P/c1-2-12(20)8(19)6(3-23-25(14,21)22)24-11(12)18-5-17-7-9(13)15-4-16-10(7)18/h1,4-6,8,11,19-20H,3H2,(H2,13,15,16)(H3,14,21,22)/t6-,8-,11-,12-/m1/s1. The van der Waals surface area contributed by atoms with Crippen LogP contribution in [0.15, 0.2) is 12.7 Å². The first-order valence-corrected chi connectivity index (χ1v) is 8.54. The average Bonchev–Trinajstić information content (AvgIpc) is 3.07. The quantitative estimate of drug-likeness (QED) is 0.298. The van der Waals surface area contributed by atoms with Crippen LogP contribution in [0.2, 0.25) is 0 Å². The summed E-state index contributed by atoms with van der Waals surface area (Å²) >= 11 is 0. The minimum atomic E-state index is -4.30. The Balaban J connectivity index is 1.98. The van der Waals surface area contributed by atoms with E-state index in [1.165, 1.54) is 17.2 Å². The molecular formula is C12H15N6O6P. The van der Waals surface area contributed by atoms with Crippen molar-refractivity contribution in [1.82, 2.24) is 19.5 Å². The van der Waals surface area contributed by atoms with E-state index >= 15 is 0 Å². The molecule has 0 bridgehead atoms. The van der Waals surface area contributed by atoms with Gasteiger partial charge in [-0.2, -0.15) is 0 Å². The lowest BCUT2D eigenvalue weighted by molar-refractivity contribution is -0.0713. The zero-order chi connectivity index (χ0) is 18.4. The maximum absolute atomic E-state index is 11.1. The summed E-state index contributed by atoms with van der Waals surface area (Å²) in [5.74, 6) is 2.18. The van der Waals surface area contributed by atoms with Crippen molar-refractivity contribution in [3.63, 3.8) is 0 Å². The van der Waals surface area contributed by atoms with Crippen LogP contribution in [-0.2, 0) is 13.8 Å². The maximum atomic E-state index is 11.1. The van der Waals surface area contributed by atoms with Gasteiger partial charge < -0.3 is 25.6 Å². The van der Waals surface area contributed by atoms with Crippen LogP contribution in [-0.4, -0.2) is 59.0 Å². The summed E-state index contributed by atoms with van der Waals surface area (Å²) in [6.45, 7) is -0.574. The highest BCUT2D eigenvalue weighted by atomic mass is 31.2. The SMILES string of the molecule is C#C[C@@]1(O)[C@H](O)[C@@H](COP(N)(=O)O)O[C@H]1n1cnc2c(N)ncnc21. The van der Waals surface area contributed by atoms with Gasteiger partial charge in [0.05, 0.1) is 12.9 Å². The van der Waals surface area contributed by atoms with Gasteiger partial charge in [0.1, 0.15) is 24.1 Å². The van der Waals surface area contributed by atoms with Gasteiger partial charge in [-0.1, -0.05) is 5.92 Å². The van der Waals surface area contributed by atoms with Crippen molar-refractivity contribution in [3.05, 3.63) is 12.7 Å². The first-order valence-electron chi connectivity index (χ1n) is 6.90. The van der Waals surface area contributed by atoms with Gasteiger partial charge in [-0.15, -0.1) is 6.42 Å². The van der Waals surface area contributed by atoms with E-state index in [4.69, 9.17) is 27.3 Å². The number of aliphatic hydroxyl groups is 2. The third kappa shape index (κ3) is 2.99. The van der Waals surface area contributed by atoms with Crippen LogP contribution in [0.4, 0.5) is 5.82 Å². The Hall–Kier alpha value is -2.10. The highest BCUT2D eigenvalue weighted by Gasteiger charge is 2.56. The van der Waals surface area contributed by atoms with Gasteiger partial charge in [0.25, 0.3) is 0 Å². The second kappa shape index (κ2) is 6.01. The number of aliphatic hydroxyl groups excluding tert-OH is 1. The lowest BCUT2D eigenvalue weighted by Gasteiger charge is -2.26. The number of nitrogen functional groups attached to an aromatic ring is 1. The third-order valence-corrected chi connectivity index (χ3v) is 4.30. The molecule has 3 rings (SSSR count). The zero-order valence-corrected chi connectivity index (χ0v) is 13.5. The van der Waals surface area contributed by atoms with E-state index in [2.05, 4.69) is 25.4 Å². The molecule has 7 N–H and O–H groups in total. The summed E-state index contributed by atoms with van der Waals surface area (Å²) in [4.78, 5) is 20.8. The van der Waals surface area contributed by atoms with E-state index in [9.17, 15) is 14.8 Å². The highest BCUT2D eigenvalue weighted by molar-refractivity contribution is 7.50. The van der Waals surface area contributed by atoms with Gasteiger partial charge in [-0.05, 0) is 0 Å². The van der Waals surface area contributed by atoms with E-state index in [0.29, 0.717) is 0 Å². The first-order chi connectivity index (χ1) is 11.7. The number of nitrogens with two attached hydrogens (primary N) is 2. The second-order valence-corrected chi connectivity index (χ2v) is 6.77. The Kier molecular flexibility index (Phi) is 4.26. The molecule has 134 valence electrons. The van der Waals surface area contributed by atoms with Crippen molar-refractivity contribution in [3.8, 4) is 12.3 Å². The van der Waals surface area contributed by atoms with Crippen molar-refractivity contribution < 1.29 is 28.9 Å². The summed E-state index contributed by atoms with van der Waals surface area (Å²) in [6, 6.07) is 0. The largest absolute Gasteiger partial charge is 0.400 e. The summed E-state index contributed by atoms with van der Waals surface area (Å²) < 4.78 is 22.4. The molecule has 0 aromatic carbocycles. The van der Waals surface area contributed by atoms with Crippen molar-refractivity contribution in [2.75, 3.05) is 12.3 Å². The van der Waals surface area contributed by atoms with Gasteiger partial charge in [0.2, 0.25) is 0 Å². The Morgan fingerprint density at radius 3 is 2.88 bits per heavy atom. The number of imidazole rings is 1. The smallest absolute Gasteiger partial charge is 0.386 e. The van der Waals surface area contributed by atoms with E-state index in [1.807, 2.05) is 0 Å². The van der Waals surface area contributed by atoms with Crippen LogP contribution in [0.1, 0.15) is 6.23 Å². The molecule has 3 heterocycles. The fourth-order valence-corrected chi connectivity index (χ4v) is 2.92. The van der Waals surface area contributed by atoms with E-state index in [-0.39, 0.29) is 17.0 Å². The van der Waals surface area contributed by atoms with Crippen LogP contribution in [0.5, 0.6) is 0 Å². The normalized spacial score (nSPS) is 31.7. The van der Waals surface area contributed by atoms with Crippen molar-refractivity contribution >= 4 is 24.7 Å². The van der Waals surface area contributed by atoms with Crippen molar-refractivity contribution in [2.45, 2.75) is 24.0 Å². The number of terminal acetylenes is 1. The monoisotopic (exact) mass is 370 g/mol. The molecule has 0 radical (unpaired) electrons. The lowest BCUT2D eigenvalue weighted by Crippen LogP contribution is -2.45. The molecule has 5 atom stereocenters. The van der Waals surface area contributed by atoms with E-state index < -0.39 is 38.4 Å². The minimum absolute atomic E-state index is 0.107. The summed E-state index contributed by atoms with van der Waals surface area (Å²) in [6.07, 6.45) is 3.65. The summed E-state index contributed by atoms with van der Waals surface area (Å²) in [5.41, 5.74) is 8.87. The third-order valence-electron chi connectivity index (χ3n) is 3.78. The van der Waals surface area contributed by atoms with Gasteiger partial charge in [-0.25, -0.2) is 25.0 Å². The van der Waals surface area contributed by atoms with Crippen molar-refractivity contribution in [1.29, 1.82) is 0 Å². The van der Waals surface area contributed by atoms with E-state index in [0.717, 1.165) is 0 Å². The molecule has 0 amide bonds. The molecule has 0 aliphatic carbocycles. The first kappa shape index (κ1) is 17.7. The fraction of sp³-hybridized carbons (Fsp3) is 0.417. The average molecular weight is 370 g/mol. The molecule has 12 nitrogen and oxygen atoms in total. The lowest BCUT2D eigenvalue weighted by atomic mass is 9.95. The Morgan fingerprint density at radius 2 is 2.24 bits per heavy atom. The topological polar surface area (TPSA) is 192 Å². The number of anilines is 1. The van der Waals surface area contributed by atoms with Crippen LogP contribution in [0, 0.1) is 12.3 Å². The van der Waals surface area contributed by atoms with Gasteiger partial charge >= 0.3 is 7.75 Å². The predicted octanol–water partition coefficient (Wildman–Crippen LogP) is -1.89. The molecule has 1 saturated heterocycles. The van der Waals surface area contributed by atoms with Gasteiger partial charge in [-0.3, -0.25) is 9.09 Å². The molecule has 1 unspecified atom stereocenters. The highest BCUT2D eigenvalue weighted by Crippen LogP contribution is 2.41. The molecule has 1 fully saturated rings. The van der Waals surface area contributed by atoms with Gasteiger partial charge in [0, 0.05) is 0 Å². The van der Waals surface area contributed by atoms with Crippen LogP contribution < -0.4 is 11.2 Å². The predicted molar refractivity (Wildman–Crippen MR) is 83.4 cm³/mol. The molecule has 2 aromatic heterocycles. The summed E-state index contributed by atoms with van der Waals surface area (Å²) in [7, 11) is -4.30. The Labute approximate surface area is 141 Å². The summed E-state index contributed by atoms with van der Waals surface area (Å²) in [5, 5.41) is 21.0. The van der Waals surface area contributed by atoms with Crippen LogP contribution in [0.3, 0.4) is 0 Å². The molecule has 25 heavy (non-hydrogen) atoms. The molecule has 13 heteroatoms. The molecule has 1 aliphatic rings. The maximum Gasteiger partial charge on any atom is 0.400 e. The minimum Gasteiger partial charge on any atom is -0.386 e. The zero-order valence-electron chi connectivity index (χ0n) is 12.6. The molecule has 0 saturated carbocycles. The number of rotatable bonds is 4. The molecule has 0 spiro atoms. The number of ether oxygens (including phenoxy) is 1. The number of hydrogen-bond acceptors (Lipinski definition) is 9. The second-order valence-electron chi connectivity index (χ2n) is 5.38. The Morgan fingerprint density at radius 1 is 1.52 bits per heavy atom. The number of hydrogen-bond donors (Lipinski definition) is 5. The van der Waals surface area contributed by atoms with Crippen molar-refractivity contribution in [2.24, 2.45) is 5.50 Å². The van der Waals surface area contributed by atoms with Crippen LogP contribution in [0.25, 0.3) is 11.2 Å².